The van der Waals surface area contributed by atoms with E-state index in [0.29, 0.717) is 6.42 Å². The molecule has 0 fully saturated rings. The minimum absolute atomic E-state index is 0.247. The Hall–Kier alpha value is -1.47. The van der Waals surface area contributed by atoms with Crippen molar-refractivity contribution in [2.45, 2.75) is 148 Å². The molecule has 0 aromatic carbocycles. The monoisotopic (exact) mass is 481 g/mol. The molecule has 2 unspecified atom stereocenters. The van der Waals surface area contributed by atoms with E-state index in [0.717, 1.165) is 25.7 Å². The Morgan fingerprint density at radius 2 is 1.21 bits per heavy atom. The van der Waals surface area contributed by atoms with Gasteiger partial charge in [-0.25, -0.2) is 9.59 Å². The molecule has 0 rings (SSSR count). The summed E-state index contributed by atoms with van der Waals surface area (Å²) in [5.41, 5.74) is -0.739. The first kappa shape index (κ1) is 31.5. The number of hydrogen-bond acceptors (Lipinski definition) is 4. The van der Waals surface area contributed by atoms with E-state index in [9.17, 15) is 22.8 Å². The summed E-state index contributed by atoms with van der Waals surface area (Å²) in [4.78, 5) is 23.3. The number of alkyl carbamates (subject to hydrolysis) is 1. The summed E-state index contributed by atoms with van der Waals surface area (Å²) in [5, 5.41) is 2.48. The molecule has 0 bridgehead atoms. The van der Waals surface area contributed by atoms with Crippen molar-refractivity contribution in [1.82, 2.24) is 5.32 Å². The molecule has 0 saturated heterocycles. The highest BCUT2D eigenvalue weighted by Gasteiger charge is 2.43. The van der Waals surface area contributed by atoms with Crippen molar-refractivity contribution in [1.29, 1.82) is 0 Å². The van der Waals surface area contributed by atoms with Crippen LogP contribution in [-0.2, 0) is 14.3 Å². The van der Waals surface area contributed by atoms with E-state index in [4.69, 9.17) is 4.74 Å². The van der Waals surface area contributed by atoms with E-state index in [1.165, 1.54) is 58.3 Å². The summed E-state index contributed by atoms with van der Waals surface area (Å²) >= 11 is 0. The molecule has 1 amide bonds. The van der Waals surface area contributed by atoms with Crippen molar-refractivity contribution < 1.29 is 32.2 Å². The van der Waals surface area contributed by atoms with Gasteiger partial charge in [-0.2, -0.15) is 13.2 Å². The Kier molecular flexibility index (Phi) is 16.3. The molecule has 0 aromatic heterocycles. The maximum atomic E-state index is 12.7. The highest BCUT2D eigenvalue weighted by atomic mass is 19.4. The quantitative estimate of drug-likeness (QED) is 0.170. The molecular formula is C25H46F3NO4. The number of carbonyl (C=O) groups excluding carboxylic acids is 2. The molecule has 1 N–H and O–H groups in total. The van der Waals surface area contributed by atoms with Crippen LogP contribution in [0.1, 0.15) is 125 Å². The predicted molar refractivity (Wildman–Crippen MR) is 125 cm³/mol. The van der Waals surface area contributed by atoms with Crippen LogP contribution in [0.25, 0.3) is 0 Å². The van der Waals surface area contributed by atoms with Crippen LogP contribution in [0.5, 0.6) is 0 Å². The van der Waals surface area contributed by atoms with Crippen molar-refractivity contribution >= 4 is 12.1 Å². The first-order valence-electron chi connectivity index (χ1n) is 12.6. The van der Waals surface area contributed by atoms with Gasteiger partial charge in [-0.1, -0.05) is 84.0 Å². The number of rotatable bonds is 17. The number of nitrogens with one attached hydrogen (secondary N) is 1. The van der Waals surface area contributed by atoms with Crippen LogP contribution in [-0.4, -0.2) is 36.0 Å². The minimum Gasteiger partial charge on any atom is -0.454 e. The van der Waals surface area contributed by atoms with Crippen LogP contribution in [0.3, 0.4) is 0 Å². The van der Waals surface area contributed by atoms with Gasteiger partial charge in [0.2, 0.25) is 0 Å². The molecule has 0 aliphatic heterocycles. The van der Waals surface area contributed by atoms with E-state index in [2.05, 4.69) is 17.0 Å². The van der Waals surface area contributed by atoms with Crippen molar-refractivity contribution in [2.75, 3.05) is 0 Å². The summed E-state index contributed by atoms with van der Waals surface area (Å²) in [6.07, 6.45) is 8.40. The highest BCUT2D eigenvalue weighted by Crippen LogP contribution is 2.21. The Morgan fingerprint density at radius 1 is 0.788 bits per heavy atom. The standard InChI is InChI=1S/C25H46F3NO4/c1-6-7-8-9-10-11-12-13-14-15-16-17-18-19-21(32-22(30)25(26,27)28)20(2)29-23(31)33-24(3,4)5/h20-21H,6-19H2,1-5H3,(H,29,31). The first-order chi connectivity index (χ1) is 15.4. The minimum atomic E-state index is -5.07. The van der Waals surface area contributed by atoms with Gasteiger partial charge in [0.15, 0.2) is 0 Å². The number of unbranched alkanes of at least 4 members (excludes halogenated alkanes) is 12. The lowest BCUT2D eigenvalue weighted by atomic mass is 10.0. The molecule has 0 radical (unpaired) electrons. The van der Waals surface area contributed by atoms with Gasteiger partial charge in [0, 0.05) is 0 Å². The maximum absolute atomic E-state index is 12.7. The maximum Gasteiger partial charge on any atom is 0.490 e. The van der Waals surface area contributed by atoms with Crippen molar-refractivity contribution in [3.05, 3.63) is 0 Å². The summed E-state index contributed by atoms with van der Waals surface area (Å²) in [6.45, 7) is 8.79. The third kappa shape index (κ3) is 18.6. The van der Waals surface area contributed by atoms with Gasteiger partial charge in [-0.15, -0.1) is 0 Å². The fourth-order valence-corrected chi connectivity index (χ4v) is 3.56. The van der Waals surface area contributed by atoms with Gasteiger partial charge in [-0.05, 0) is 40.5 Å². The number of amides is 1. The van der Waals surface area contributed by atoms with Crippen LogP contribution >= 0.6 is 0 Å². The molecule has 0 aliphatic carbocycles. The molecule has 0 spiro atoms. The SMILES string of the molecule is CCCCCCCCCCCCCCCC(OC(=O)C(F)(F)F)C(C)NC(=O)OC(C)(C)C. The smallest absolute Gasteiger partial charge is 0.454 e. The van der Waals surface area contributed by atoms with Gasteiger partial charge < -0.3 is 14.8 Å². The van der Waals surface area contributed by atoms with Crippen LogP contribution in [0.4, 0.5) is 18.0 Å². The van der Waals surface area contributed by atoms with Crippen molar-refractivity contribution in [3.8, 4) is 0 Å². The zero-order valence-corrected chi connectivity index (χ0v) is 21.3. The molecule has 0 saturated carbocycles. The molecule has 33 heavy (non-hydrogen) atoms. The Balaban J connectivity index is 4.25. The van der Waals surface area contributed by atoms with Gasteiger partial charge in [0.1, 0.15) is 11.7 Å². The second-order valence-corrected chi connectivity index (χ2v) is 9.91. The molecule has 0 aromatic rings. The molecule has 196 valence electrons. The van der Waals surface area contributed by atoms with Crippen LogP contribution in [0.2, 0.25) is 0 Å². The number of halogens is 3. The molecule has 0 aliphatic rings. The third-order valence-corrected chi connectivity index (χ3v) is 5.38. The van der Waals surface area contributed by atoms with Crippen LogP contribution in [0, 0.1) is 0 Å². The van der Waals surface area contributed by atoms with Crippen molar-refractivity contribution in [2.24, 2.45) is 0 Å². The fourth-order valence-electron chi connectivity index (χ4n) is 3.56. The van der Waals surface area contributed by atoms with E-state index in [1.807, 2.05) is 0 Å². The molecular weight excluding hydrogens is 435 g/mol. The van der Waals surface area contributed by atoms with Gasteiger partial charge in [0.25, 0.3) is 0 Å². The summed E-state index contributed by atoms with van der Waals surface area (Å²) in [7, 11) is 0. The lowest BCUT2D eigenvalue weighted by Crippen LogP contribution is -2.46. The second kappa shape index (κ2) is 17.0. The number of carbonyl (C=O) groups is 2. The number of esters is 1. The molecule has 0 heterocycles. The summed E-state index contributed by atoms with van der Waals surface area (Å²) < 4.78 is 47.8. The first-order valence-corrected chi connectivity index (χ1v) is 12.6. The lowest BCUT2D eigenvalue weighted by Gasteiger charge is -2.27. The lowest BCUT2D eigenvalue weighted by molar-refractivity contribution is -0.206. The van der Waals surface area contributed by atoms with Crippen molar-refractivity contribution in [3.63, 3.8) is 0 Å². The Labute approximate surface area is 198 Å². The molecule has 2 atom stereocenters. The van der Waals surface area contributed by atoms with Crippen LogP contribution < -0.4 is 5.32 Å². The van der Waals surface area contributed by atoms with E-state index in [1.54, 1.807) is 20.8 Å². The fraction of sp³-hybridized carbons (Fsp3) is 0.920. The molecule has 8 heteroatoms. The summed E-state index contributed by atoms with van der Waals surface area (Å²) in [5.74, 6) is -2.24. The number of hydrogen-bond donors (Lipinski definition) is 1. The second-order valence-electron chi connectivity index (χ2n) is 9.91. The van der Waals surface area contributed by atoms with Gasteiger partial charge in [-0.3, -0.25) is 0 Å². The van der Waals surface area contributed by atoms with E-state index in [-0.39, 0.29) is 6.42 Å². The number of alkyl halides is 3. The normalized spacial score (nSPS) is 13.9. The average Bonchev–Trinajstić information content (AvgIpc) is 2.68. The third-order valence-electron chi connectivity index (χ3n) is 5.38. The molecule has 5 nitrogen and oxygen atoms in total. The Morgan fingerprint density at radius 3 is 1.61 bits per heavy atom. The average molecular weight is 482 g/mol. The largest absolute Gasteiger partial charge is 0.490 e. The van der Waals surface area contributed by atoms with Gasteiger partial charge in [0.05, 0.1) is 6.04 Å². The van der Waals surface area contributed by atoms with E-state index < -0.39 is 36.0 Å². The van der Waals surface area contributed by atoms with Gasteiger partial charge >= 0.3 is 18.2 Å². The summed E-state index contributed by atoms with van der Waals surface area (Å²) in [6, 6.07) is -0.802. The van der Waals surface area contributed by atoms with E-state index >= 15 is 0 Å². The zero-order chi connectivity index (χ0) is 25.3. The predicted octanol–water partition coefficient (Wildman–Crippen LogP) is 7.86. The highest BCUT2D eigenvalue weighted by molar-refractivity contribution is 5.76. The van der Waals surface area contributed by atoms with Crippen LogP contribution in [0.15, 0.2) is 0 Å². The topological polar surface area (TPSA) is 64.6 Å². The Bertz CT molecular complexity index is 533. The number of ether oxygens (including phenoxy) is 2. The zero-order valence-electron chi connectivity index (χ0n) is 21.3.